The average Bonchev–Trinajstić information content (AvgIpc) is 2.25. The minimum Gasteiger partial charge on any atom is -0.497 e. The summed E-state index contributed by atoms with van der Waals surface area (Å²) in [5.74, 6) is 0.861. The van der Waals surface area contributed by atoms with Crippen molar-refractivity contribution >= 4 is 6.08 Å². The van der Waals surface area contributed by atoms with Gasteiger partial charge in [-0.1, -0.05) is 12.1 Å². The number of benzene rings is 1. The maximum Gasteiger partial charge on any atom is 0.234 e. The number of aryl methyl sites for hydroxylation is 1. The highest BCUT2D eigenvalue weighted by molar-refractivity contribution is 5.32. The first-order valence-corrected chi connectivity index (χ1v) is 4.53. The molecule has 0 bridgehead atoms. The van der Waals surface area contributed by atoms with E-state index in [2.05, 4.69) is 4.99 Å². The second-order valence-corrected chi connectivity index (χ2v) is 2.92. The summed E-state index contributed by atoms with van der Waals surface area (Å²) in [5.41, 5.74) is 1.23. The smallest absolute Gasteiger partial charge is 0.234 e. The van der Waals surface area contributed by atoms with E-state index < -0.39 is 0 Å². The molecule has 0 aliphatic carbocycles. The number of ether oxygens (including phenoxy) is 1. The molecule has 1 aromatic rings. The van der Waals surface area contributed by atoms with Crippen LogP contribution in [0.15, 0.2) is 29.3 Å². The molecule has 3 heteroatoms. The van der Waals surface area contributed by atoms with Crippen LogP contribution in [-0.4, -0.2) is 19.7 Å². The number of hydrogen-bond acceptors (Lipinski definition) is 3. The largest absolute Gasteiger partial charge is 0.497 e. The molecule has 1 aromatic carbocycles. The maximum atomic E-state index is 9.79. The van der Waals surface area contributed by atoms with Gasteiger partial charge in [0.1, 0.15) is 5.75 Å². The first kappa shape index (κ1) is 10.5. The van der Waals surface area contributed by atoms with Gasteiger partial charge in [-0.3, -0.25) is 0 Å². The Balaban J connectivity index is 2.39. The van der Waals surface area contributed by atoms with Gasteiger partial charge >= 0.3 is 0 Å². The third-order valence-corrected chi connectivity index (χ3v) is 1.96. The van der Waals surface area contributed by atoms with Gasteiger partial charge in [0.2, 0.25) is 6.08 Å². The van der Waals surface area contributed by atoms with Crippen LogP contribution in [0.25, 0.3) is 0 Å². The molecule has 0 spiro atoms. The maximum absolute atomic E-state index is 9.79. The molecular weight excluding hydrogens is 178 g/mol. The van der Waals surface area contributed by atoms with E-state index in [9.17, 15) is 4.79 Å². The molecule has 0 N–H and O–H groups in total. The van der Waals surface area contributed by atoms with Crippen molar-refractivity contribution in [2.24, 2.45) is 4.99 Å². The summed E-state index contributed by atoms with van der Waals surface area (Å²) in [7, 11) is 1.65. The van der Waals surface area contributed by atoms with Crippen LogP contribution in [0.1, 0.15) is 12.0 Å². The Hall–Kier alpha value is -1.60. The zero-order chi connectivity index (χ0) is 10.2. The molecule has 0 radical (unpaired) electrons. The highest BCUT2D eigenvalue weighted by Crippen LogP contribution is 2.12. The lowest BCUT2D eigenvalue weighted by molar-refractivity contribution is 0.414. The molecule has 0 unspecified atom stereocenters. The quantitative estimate of drug-likeness (QED) is 0.405. The van der Waals surface area contributed by atoms with Gasteiger partial charge in [-0.2, -0.15) is 0 Å². The van der Waals surface area contributed by atoms with Crippen molar-refractivity contribution in [3.63, 3.8) is 0 Å². The van der Waals surface area contributed by atoms with Crippen molar-refractivity contribution in [3.8, 4) is 5.75 Å². The fraction of sp³-hybridized carbons (Fsp3) is 0.364. The van der Waals surface area contributed by atoms with E-state index >= 15 is 0 Å². The van der Waals surface area contributed by atoms with Crippen LogP contribution in [0.2, 0.25) is 0 Å². The first-order chi connectivity index (χ1) is 6.86. The zero-order valence-electron chi connectivity index (χ0n) is 8.19. The Kier molecular flexibility index (Phi) is 4.45. The zero-order valence-corrected chi connectivity index (χ0v) is 8.19. The fourth-order valence-corrected chi connectivity index (χ4v) is 1.20. The topological polar surface area (TPSA) is 38.7 Å². The number of isocyanates is 1. The molecule has 1 rings (SSSR count). The summed E-state index contributed by atoms with van der Waals surface area (Å²) in [6, 6.07) is 7.89. The molecule has 0 heterocycles. The molecule has 74 valence electrons. The summed E-state index contributed by atoms with van der Waals surface area (Å²) >= 11 is 0. The number of rotatable bonds is 5. The van der Waals surface area contributed by atoms with Crippen LogP contribution in [0.5, 0.6) is 5.75 Å². The third-order valence-electron chi connectivity index (χ3n) is 1.96. The number of methoxy groups -OCH3 is 1. The van der Waals surface area contributed by atoms with Crippen molar-refractivity contribution in [1.29, 1.82) is 0 Å². The number of hydrogen-bond donors (Lipinski definition) is 0. The van der Waals surface area contributed by atoms with Gasteiger partial charge in [0.25, 0.3) is 0 Å². The van der Waals surface area contributed by atoms with Crippen molar-refractivity contribution < 1.29 is 9.53 Å². The lowest BCUT2D eigenvalue weighted by Gasteiger charge is -2.01. The molecule has 0 saturated heterocycles. The minimum atomic E-state index is 0.551. The van der Waals surface area contributed by atoms with Crippen molar-refractivity contribution in [3.05, 3.63) is 29.8 Å². The Bertz CT molecular complexity index is 313. The van der Waals surface area contributed by atoms with E-state index in [1.807, 2.05) is 24.3 Å². The third kappa shape index (κ3) is 3.42. The van der Waals surface area contributed by atoms with E-state index in [0.717, 1.165) is 18.6 Å². The molecule has 14 heavy (non-hydrogen) atoms. The van der Waals surface area contributed by atoms with E-state index in [-0.39, 0.29) is 0 Å². The Morgan fingerprint density at radius 3 is 2.64 bits per heavy atom. The van der Waals surface area contributed by atoms with Gasteiger partial charge in [0.15, 0.2) is 0 Å². The summed E-state index contributed by atoms with van der Waals surface area (Å²) in [6.07, 6.45) is 3.33. The van der Waals surface area contributed by atoms with Crippen LogP contribution in [0.4, 0.5) is 0 Å². The standard InChI is InChI=1S/C11H13NO2/c1-14-11-6-4-10(5-7-11)3-2-8-12-9-13/h4-7H,2-3,8H2,1H3. The van der Waals surface area contributed by atoms with Gasteiger partial charge in [-0.15, -0.1) is 0 Å². The van der Waals surface area contributed by atoms with Crippen LogP contribution in [-0.2, 0) is 11.2 Å². The van der Waals surface area contributed by atoms with Crippen LogP contribution >= 0.6 is 0 Å². The summed E-state index contributed by atoms with van der Waals surface area (Å²) in [6.45, 7) is 0.551. The van der Waals surface area contributed by atoms with E-state index in [1.54, 1.807) is 7.11 Å². The fourth-order valence-electron chi connectivity index (χ4n) is 1.20. The molecule has 0 aliphatic rings. The van der Waals surface area contributed by atoms with Crippen molar-refractivity contribution in [2.75, 3.05) is 13.7 Å². The average molecular weight is 191 g/mol. The van der Waals surface area contributed by atoms with Gasteiger partial charge < -0.3 is 4.74 Å². The van der Waals surface area contributed by atoms with Crippen molar-refractivity contribution in [2.45, 2.75) is 12.8 Å². The van der Waals surface area contributed by atoms with Crippen LogP contribution < -0.4 is 4.74 Å². The predicted octanol–water partition coefficient (Wildman–Crippen LogP) is 1.96. The van der Waals surface area contributed by atoms with Crippen LogP contribution in [0, 0.1) is 0 Å². The number of aliphatic imine (C=N–C) groups is 1. The second kappa shape index (κ2) is 5.95. The molecule has 0 atom stereocenters. The lowest BCUT2D eigenvalue weighted by atomic mass is 10.1. The molecule has 0 aliphatic heterocycles. The Morgan fingerprint density at radius 2 is 2.07 bits per heavy atom. The minimum absolute atomic E-state index is 0.551. The SMILES string of the molecule is COc1ccc(CCCN=C=O)cc1. The van der Waals surface area contributed by atoms with Gasteiger partial charge in [-0.25, -0.2) is 9.79 Å². The second-order valence-electron chi connectivity index (χ2n) is 2.92. The van der Waals surface area contributed by atoms with Gasteiger partial charge in [0, 0.05) is 0 Å². The molecular formula is C11H13NO2. The van der Waals surface area contributed by atoms with Gasteiger partial charge in [0.05, 0.1) is 13.7 Å². The first-order valence-electron chi connectivity index (χ1n) is 4.53. The summed E-state index contributed by atoms with van der Waals surface area (Å²) in [4.78, 5) is 13.3. The van der Waals surface area contributed by atoms with E-state index in [0.29, 0.717) is 6.54 Å². The summed E-state index contributed by atoms with van der Waals surface area (Å²) < 4.78 is 5.04. The van der Waals surface area contributed by atoms with Crippen molar-refractivity contribution in [1.82, 2.24) is 0 Å². The molecule has 0 fully saturated rings. The molecule has 0 aromatic heterocycles. The normalized spacial score (nSPS) is 9.21. The Morgan fingerprint density at radius 1 is 1.36 bits per heavy atom. The molecule has 0 saturated carbocycles. The van der Waals surface area contributed by atoms with E-state index in [1.165, 1.54) is 11.6 Å². The molecule has 3 nitrogen and oxygen atoms in total. The Labute approximate surface area is 83.4 Å². The number of nitrogens with zero attached hydrogens (tertiary/aromatic N) is 1. The molecule has 0 amide bonds. The van der Waals surface area contributed by atoms with E-state index in [4.69, 9.17) is 4.74 Å². The number of carbonyl (C=O) groups excluding carboxylic acids is 1. The lowest BCUT2D eigenvalue weighted by Crippen LogP contribution is -1.89. The highest BCUT2D eigenvalue weighted by Gasteiger charge is 1.93. The monoisotopic (exact) mass is 191 g/mol. The predicted molar refractivity (Wildman–Crippen MR) is 54.3 cm³/mol. The summed E-state index contributed by atoms with van der Waals surface area (Å²) in [5, 5.41) is 0. The van der Waals surface area contributed by atoms with Crippen LogP contribution in [0.3, 0.4) is 0 Å². The van der Waals surface area contributed by atoms with Gasteiger partial charge in [-0.05, 0) is 30.5 Å². The highest BCUT2D eigenvalue weighted by atomic mass is 16.5.